The average Bonchev–Trinajstić information content (AvgIpc) is 3.23. The average molecular weight is 373 g/mol. The Hall–Kier alpha value is -3.67. The number of nitrogens with one attached hydrogen (secondary N) is 1. The number of fused-ring (bicyclic) bond motifs is 1. The molecule has 28 heavy (non-hydrogen) atoms. The third-order valence-electron chi connectivity index (χ3n) is 4.65. The second-order valence-electron chi connectivity index (χ2n) is 6.57. The number of rotatable bonds is 4. The molecule has 0 radical (unpaired) electrons. The van der Waals surface area contributed by atoms with E-state index >= 15 is 0 Å². The van der Waals surface area contributed by atoms with Gasteiger partial charge < -0.3 is 9.73 Å². The van der Waals surface area contributed by atoms with Crippen molar-refractivity contribution in [2.24, 2.45) is 0 Å². The topological polar surface area (TPSA) is 77.1 Å². The van der Waals surface area contributed by atoms with Gasteiger partial charge >= 0.3 is 0 Å². The van der Waals surface area contributed by atoms with Gasteiger partial charge in [-0.1, -0.05) is 12.1 Å². The van der Waals surface area contributed by atoms with E-state index in [-0.39, 0.29) is 17.5 Å². The van der Waals surface area contributed by atoms with Crippen molar-refractivity contribution in [2.45, 2.75) is 19.9 Å². The highest BCUT2D eigenvalue weighted by Gasteiger charge is 2.14. The summed E-state index contributed by atoms with van der Waals surface area (Å²) in [4.78, 5) is 29.9. The van der Waals surface area contributed by atoms with Crippen molar-refractivity contribution in [1.82, 2.24) is 14.9 Å². The molecule has 140 valence electrons. The normalized spacial score (nSPS) is 12.1. The summed E-state index contributed by atoms with van der Waals surface area (Å²) >= 11 is 0. The Bertz CT molecular complexity index is 1190. The number of aromatic nitrogens is 2. The molecule has 0 spiro atoms. The number of benzene rings is 2. The fourth-order valence-corrected chi connectivity index (χ4v) is 3.20. The standard InChI is InChI=1S/C22H19N3O3/c1-14(20-8-5-13-28-20)23-21(26)16-9-11-17(12-10-16)25-15(2)24-19-7-4-3-6-18(19)22(25)27/h3-14H,1-2H3,(H,23,26)/t14-/m1/s1. The molecule has 0 saturated carbocycles. The molecule has 0 aliphatic rings. The molecule has 2 aromatic heterocycles. The van der Waals surface area contributed by atoms with Crippen LogP contribution < -0.4 is 10.9 Å². The summed E-state index contributed by atoms with van der Waals surface area (Å²) in [6, 6.07) is 17.5. The maximum atomic E-state index is 12.9. The predicted molar refractivity (Wildman–Crippen MR) is 107 cm³/mol. The smallest absolute Gasteiger partial charge is 0.265 e. The van der Waals surface area contributed by atoms with Crippen molar-refractivity contribution in [3.63, 3.8) is 0 Å². The lowest BCUT2D eigenvalue weighted by Crippen LogP contribution is -2.26. The molecule has 1 N–H and O–H groups in total. The van der Waals surface area contributed by atoms with Crippen molar-refractivity contribution < 1.29 is 9.21 Å². The Labute approximate surface area is 161 Å². The monoisotopic (exact) mass is 373 g/mol. The fraction of sp³-hybridized carbons (Fsp3) is 0.136. The van der Waals surface area contributed by atoms with Gasteiger partial charge in [0.25, 0.3) is 11.5 Å². The SMILES string of the molecule is Cc1nc2ccccc2c(=O)n1-c1ccc(C(=O)N[C@H](C)c2ccco2)cc1. The third kappa shape index (κ3) is 3.20. The zero-order chi connectivity index (χ0) is 19.7. The minimum absolute atomic E-state index is 0.133. The van der Waals surface area contributed by atoms with Crippen LogP contribution in [-0.4, -0.2) is 15.5 Å². The van der Waals surface area contributed by atoms with Crippen LogP contribution in [0, 0.1) is 6.92 Å². The van der Waals surface area contributed by atoms with Gasteiger partial charge in [0.15, 0.2) is 0 Å². The Morgan fingerprint density at radius 2 is 1.82 bits per heavy atom. The number of aryl methyl sites for hydroxylation is 1. The molecular weight excluding hydrogens is 354 g/mol. The van der Waals surface area contributed by atoms with Crippen molar-refractivity contribution in [1.29, 1.82) is 0 Å². The van der Waals surface area contributed by atoms with E-state index in [1.54, 1.807) is 54.2 Å². The van der Waals surface area contributed by atoms with E-state index in [9.17, 15) is 9.59 Å². The number of hydrogen-bond donors (Lipinski definition) is 1. The highest BCUT2D eigenvalue weighted by Crippen LogP contribution is 2.16. The third-order valence-corrected chi connectivity index (χ3v) is 4.65. The van der Waals surface area contributed by atoms with Crippen LogP contribution in [0.4, 0.5) is 0 Å². The molecule has 1 atom stereocenters. The van der Waals surface area contributed by atoms with Crippen molar-refractivity contribution in [3.05, 3.63) is 94.4 Å². The molecule has 2 aromatic carbocycles. The van der Waals surface area contributed by atoms with E-state index in [0.717, 1.165) is 0 Å². The van der Waals surface area contributed by atoms with E-state index in [0.29, 0.717) is 33.7 Å². The first-order valence-electron chi connectivity index (χ1n) is 8.97. The van der Waals surface area contributed by atoms with Gasteiger partial charge in [0.2, 0.25) is 0 Å². The number of amides is 1. The van der Waals surface area contributed by atoms with Crippen molar-refractivity contribution in [2.75, 3.05) is 0 Å². The number of carbonyl (C=O) groups is 1. The lowest BCUT2D eigenvalue weighted by Gasteiger charge is -2.13. The van der Waals surface area contributed by atoms with Crippen LogP contribution in [0.25, 0.3) is 16.6 Å². The number of furan rings is 1. The molecule has 1 amide bonds. The van der Waals surface area contributed by atoms with Crippen molar-refractivity contribution >= 4 is 16.8 Å². The Morgan fingerprint density at radius 3 is 2.54 bits per heavy atom. The first kappa shape index (κ1) is 17.7. The predicted octanol–water partition coefficient (Wildman–Crippen LogP) is 3.78. The summed E-state index contributed by atoms with van der Waals surface area (Å²) in [6.45, 7) is 3.65. The molecule has 0 fully saturated rings. The number of carbonyl (C=O) groups excluding carboxylic acids is 1. The molecule has 4 rings (SSSR count). The van der Waals surface area contributed by atoms with Crippen LogP contribution in [0.15, 0.2) is 76.1 Å². The summed E-state index contributed by atoms with van der Waals surface area (Å²) in [7, 11) is 0. The zero-order valence-electron chi connectivity index (χ0n) is 15.5. The van der Waals surface area contributed by atoms with Crippen LogP contribution in [-0.2, 0) is 0 Å². The number of hydrogen-bond acceptors (Lipinski definition) is 4. The molecule has 0 aliphatic heterocycles. The Kier molecular flexibility index (Phi) is 4.53. The molecule has 0 bridgehead atoms. The molecule has 6 heteroatoms. The quantitative estimate of drug-likeness (QED) is 0.591. The van der Waals surface area contributed by atoms with Gasteiger partial charge in [-0.3, -0.25) is 14.2 Å². The van der Waals surface area contributed by atoms with Crippen LogP contribution >= 0.6 is 0 Å². The minimum atomic E-state index is -0.239. The van der Waals surface area contributed by atoms with Gasteiger partial charge in [-0.25, -0.2) is 4.98 Å². The van der Waals surface area contributed by atoms with Crippen LogP contribution in [0.3, 0.4) is 0 Å². The van der Waals surface area contributed by atoms with Crippen molar-refractivity contribution in [3.8, 4) is 5.69 Å². The molecule has 4 aromatic rings. The highest BCUT2D eigenvalue weighted by atomic mass is 16.3. The summed E-state index contributed by atoms with van der Waals surface area (Å²) in [5, 5.41) is 3.45. The molecule has 6 nitrogen and oxygen atoms in total. The van der Waals surface area contributed by atoms with Gasteiger partial charge in [0.05, 0.1) is 28.9 Å². The lowest BCUT2D eigenvalue weighted by atomic mass is 10.1. The van der Waals surface area contributed by atoms with E-state index in [1.165, 1.54) is 0 Å². The number of nitrogens with zero attached hydrogens (tertiary/aromatic N) is 2. The lowest BCUT2D eigenvalue weighted by molar-refractivity contribution is 0.0935. The van der Waals surface area contributed by atoms with E-state index < -0.39 is 0 Å². The molecule has 0 saturated heterocycles. The summed E-state index contributed by atoms with van der Waals surface area (Å²) in [5.74, 6) is 1.07. The van der Waals surface area contributed by atoms with E-state index in [4.69, 9.17) is 4.42 Å². The van der Waals surface area contributed by atoms with Crippen LogP contribution in [0.5, 0.6) is 0 Å². The summed E-state index contributed by atoms with van der Waals surface area (Å²) in [5.41, 5.74) is 1.70. The second-order valence-corrected chi connectivity index (χ2v) is 6.57. The highest BCUT2D eigenvalue weighted by molar-refractivity contribution is 5.94. The maximum Gasteiger partial charge on any atom is 0.265 e. The molecule has 2 heterocycles. The Morgan fingerprint density at radius 1 is 1.07 bits per heavy atom. The first-order chi connectivity index (χ1) is 13.5. The maximum absolute atomic E-state index is 12.9. The van der Waals surface area contributed by atoms with Gasteiger partial charge in [0.1, 0.15) is 11.6 Å². The van der Waals surface area contributed by atoms with Gasteiger partial charge in [0, 0.05) is 5.56 Å². The fourth-order valence-electron chi connectivity index (χ4n) is 3.20. The van der Waals surface area contributed by atoms with E-state index in [1.807, 2.05) is 31.2 Å². The van der Waals surface area contributed by atoms with Gasteiger partial charge in [-0.2, -0.15) is 0 Å². The minimum Gasteiger partial charge on any atom is -0.467 e. The molecule has 0 aliphatic carbocycles. The van der Waals surface area contributed by atoms with Gasteiger partial charge in [-0.15, -0.1) is 0 Å². The summed E-state index contributed by atoms with van der Waals surface area (Å²) < 4.78 is 6.86. The Balaban J connectivity index is 1.63. The largest absolute Gasteiger partial charge is 0.467 e. The second kappa shape index (κ2) is 7.15. The zero-order valence-corrected chi connectivity index (χ0v) is 15.5. The van der Waals surface area contributed by atoms with Crippen LogP contribution in [0.1, 0.15) is 34.9 Å². The molecular formula is C22H19N3O3. The molecule has 0 unspecified atom stereocenters. The van der Waals surface area contributed by atoms with E-state index in [2.05, 4.69) is 10.3 Å². The first-order valence-corrected chi connectivity index (χ1v) is 8.97. The van der Waals surface area contributed by atoms with Crippen LogP contribution in [0.2, 0.25) is 0 Å². The number of para-hydroxylation sites is 1. The summed E-state index contributed by atoms with van der Waals surface area (Å²) in [6.07, 6.45) is 1.57. The van der Waals surface area contributed by atoms with Gasteiger partial charge in [-0.05, 0) is 62.4 Å².